The van der Waals surface area contributed by atoms with Gasteiger partial charge in [0.15, 0.2) is 0 Å². The number of benzene rings is 1. The molecule has 1 amide bonds. The molecule has 0 radical (unpaired) electrons. The lowest BCUT2D eigenvalue weighted by molar-refractivity contribution is -0.126. The Labute approximate surface area is 119 Å². The Kier molecular flexibility index (Phi) is 4.14. The first-order valence-electron chi connectivity index (χ1n) is 7.10. The Morgan fingerprint density at radius 3 is 2.40 bits per heavy atom. The molecule has 0 spiro atoms. The van der Waals surface area contributed by atoms with E-state index in [0.717, 1.165) is 31.2 Å². The van der Waals surface area contributed by atoms with Gasteiger partial charge in [0.2, 0.25) is 5.91 Å². The molecule has 0 aliphatic heterocycles. The molecule has 1 fully saturated rings. The zero-order valence-corrected chi connectivity index (χ0v) is 12.1. The van der Waals surface area contributed by atoms with Crippen molar-refractivity contribution in [1.82, 2.24) is 5.32 Å². The summed E-state index contributed by atoms with van der Waals surface area (Å²) in [5.74, 6) is -0.463. The summed E-state index contributed by atoms with van der Waals surface area (Å²) in [6, 6.07) is 5.96. The number of hydrogen-bond donors (Lipinski definition) is 2. The van der Waals surface area contributed by atoms with E-state index in [1.165, 1.54) is 12.1 Å². The minimum atomic E-state index is -0.755. The van der Waals surface area contributed by atoms with Crippen molar-refractivity contribution in [3.63, 3.8) is 0 Å². The van der Waals surface area contributed by atoms with Gasteiger partial charge in [0, 0.05) is 6.54 Å². The fourth-order valence-corrected chi connectivity index (χ4v) is 2.67. The Balaban J connectivity index is 2.01. The van der Waals surface area contributed by atoms with Crippen LogP contribution in [0.4, 0.5) is 4.39 Å². The van der Waals surface area contributed by atoms with Gasteiger partial charge < -0.3 is 10.4 Å². The highest BCUT2D eigenvalue weighted by Crippen LogP contribution is 2.29. The summed E-state index contributed by atoms with van der Waals surface area (Å²) in [7, 11) is 0. The lowest BCUT2D eigenvalue weighted by Crippen LogP contribution is -2.47. The molecule has 2 N–H and O–H groups in total. The van der Waals surface area contributed by atoms with Crippen LogP contribution >= 0.6 is 0 Å². The highest BCUT2D eigenvalue weighted by atomic mass is 19.1. The van der Waals surface area contributed by atoms with E-state index < -0.39 is 11.0 Å². The van der Waals surface area contributed by atoms with Gasteiger partial charge in [-0.3, -0.25) is 4.79 Å². The fourth-order valence-electron chi connectivity index (χ4n) is 2.67. The highest BCUT2D eigenvalue weighted by Gasteiger charge is 2.35. The number of aliphatic hydroxyl groups is 1. The van der Waals surface area contributed by atoms with E-state index in [1.807, 2.05) is 0 Å². The number of nitrogens with one attached hydrogen (secondary N) is 1. The van der Waals surface area contributed by atoms with Gasteiger partial charge in [-0.25, -0.2) is 4.39 Å². The van der Waals surface area contributed by atoms with Crippen molar-refractivity contribution in [3.8, 4) is 0 Å². The molecule has 2 rings (SSSR count). The van der Waals surface area contributed by atoms with E-state index in [0.29, 0.717) is 0 Å². The van der Waals surface area contributed by atoms with Crippen molar-refractivity contribution in [2.45, 2.75) is 50.5 Å². The van der Waals surface area contributed by atoms with Crippen LogP contribution in [0.15, 0.2) is 24.3 Å². The molecule has 1 aromatic carbocycles. The lowest BCUT2D eigenvalue weighted by atomic mass is 9.83. The first kappa shape index (κ1) is 15.0. The molecule has 1 aliphatic carbocycles. The molecule has 0 atom stereocenters. The second-order valence-corrected chi connectivity index (χ2v) is 6.25. The van der Waals surface area contributed by atoms with E-state index in [4.69, 9.17) is 0 Å². The first-order chi connectivity index (χ1) is 9.33. The van der Waals surface area contributed by atoms with Crippen molar-refractivity contribution < 1.29 is 14.3 Å². The molecular weight excluding hydrogens is 257 g/mol. The van der Waals surface area contributed by atoms with Crippen LogP contribution in [-0.4, -0.2) is 23.2 Å². The maximum atomic E-state index is 12.9. The molecule has 0 bridgehead atoms. The smallest absolute Gasteiger partial charge is 0.230 e. The molecule has 3 nitrogen and oxygen atoms in total. The van der Waals surface area contributed by atoms with E-state index in [2.05, 4.69) is 5.32 Å². The number of hydrogen-bond acceptors (Lipinski definition) is 2. The predicted molar refractivity (Wildman–Crippen MR) is 75.9 cm³/mol. The van der Waals surface area contributed by atoms with E-state index in [9.17, 15) is 14.3 Å². The number of halogens is 1. The predicted octanol–water partition coefficient (Wildman–Crippen LogP) is 2.52. The van der Waals surface area contributed by atoms with Gasteiger partial charge in [0.25, 0.3) is 0 Å². The maximum Gasteiger partial charge on any atom is 0.230 e. The lowest BCUT2D eigenvalue weighted by Gasteiger charge is -2.28. The summed E-state index contributed by atoms with van der Waals surface area (Å²) < 4.78 is 12.9. The fraction of sp³-hybridized carbons (Fsp3) is 0.562. The molecule has 1 aromatic rings. The third-order valence-corrected chi connectivity index (χ3v) is 4.25. The summed E-state index contributed by atoms with van der Waals surface area (Å²) in [6.07, 6.45) is 3.50. The van der Waals surface area contributed by atoms with Crippen LogP contribution in [0.1, 0.15) is 45.1 Å². The van der Waals surface area contributed by atoms with Crippen molar-refractivity contribution in [3.05, 3.63) is 35.6 Å². The summed E-state index contributed by atoms with van der Waals surface area (Å²) in [6.45, 7) is 3.89. The van der Waals surface area contributed by atoms with E-state index >= 15 is 0 Å². The van der Waals surface area contributed by atoms with Crippen LogP contribution in [0, 0.1) is 5.82 Å². The molecule has 0 unspecified atom stereocenters. The van der Waals surface area contributed by atoms with Gasteiger partial charge in [0.1, 0.15) is 5.82 Å². The van der Waals surface area contributed by atoms with Crippen LogP contribution in [0.25, 0.3) is 0 Å². The normalized spacial score (nSPS) is 18.0. The topological polar surface area (TPSA) is 49.3 Å². The molecule has 0 saturated heterocycles. The largest absolute Gasteiger partial charge is 0.388 e. The zero-order valence-electron chi connectivity index (χ0n) is 12.1. The van der Waals surface area contributed by atoms with Gasteiger partial charge >= 0.3 is 0 Å². The van der Waals surface area contributed by atoms with Crippen LogP contribution in [-0.2, 0) is 10.2 Å². The average molecular weight is 279 g/mol. The maximum absolute atomic E-state index is 12.9. The summed E-state index contributed by atoms with van der Waals surface area (Å²) in [4.78, 5) is 12.3. The van der Waals surface area contributed by atoms with Crippen molar-refractivity contribution in [2.75, 3.05) is 6.54 Å². The number of rotatable bonds is 4. The third-order valence-electron chi connectivity index (χ3n) is 4.25. The van der Waals surface area contributed by atoms with Gasteiger partial charge in [-0.2, -0.15) is 0 Å². The average Bonchev–Trinajstić information content (AvgIpc) is 2.84. The van der Waals surface area contributed by atoms with Crippen molar-refractivity contribution in [2.24, 2.45) is 0 Å². The van der Waals surface area contributed by atoms with Crippen LogP contribution in [0.2, 0.25) is 0 Å². The van der Waals surface area contributed by atoms with Crippen molar-refractivity contribution in [1.29, 1.82) is 0 Å². The number of carbonyl (C=O) groups excluding carboxylic acids is 1. The Morgan fingerprint density at radius 1 is 1.30 bits per heavy atom. The molecule has 0 aromatic heterocycles. The number of amides is 1. The Bertz CT molecular complexity index is 476. The van der Waals surface area contributed by atoms with Crippen molar-refractivity contribution >= 4 is 5.91 Å². The first-order valence-corrected chi connectivity index (χ1v) is 7.10. The van der Waals surface area contributed by atoms with Crippen LogP contribution in [0.5, 0.6) is 0 Å². The Morgan fingerprint density at radius 2 is 1.85 bits per heavy atom. The van der Waals surface area contributed by atoms with Gasteiger partial charge in [-0.1, -0.05) is 25.0 Å². The summed E-state index contributed by atoms with van der Waals surface area (Å²) in [5.41, 5.74) is -0.744. The molecule has 0 heterocycles. The molecular formula is C16H22FNO2. The summed E-state index contributed by atoms with van der Waals surface area (Å²) >= 11 is 0. The highest BCUT2D eigenvalue weighted by molar-refractivity contribution is 5.87. The van der Waals surface area contributed by atoms with E-state index in [1.54, 1.807) is 26.0 Å². The van der Waals surface area contributed by atoms with Crippen LogP contribution < -0.4 is 5.32 Å². The monoisotopic (exact) mass is 279 g/mol. The zero-order chi connectivity index (χ0) is 14.8. The SMILES string of the molecule is CC(C)(C(=O)NCC1(O)CCCC1)c1ccc(F)cc1. The molecule has 110 valence electrons. The third kappa shape index (κ3) is 3.18. The minimum absolute atomic E-state index is 0.149. The molecule has 1 saturated carbocycles. The molecule has 4 heteroatoms. The van der Waals surface area contributed by atoms with Crippen LogP contribution in [0.3, 0.4) is 0 Å². The Hall–Kier alpha value is -1.42. The molecule has 20 heavy (non-hydrogen) atoms. The van der Waals surface area contributed by atoms with E-state index in [-0.39, 0.29) is 18.3 Å². The standard InChI is InChI=1S/C16H22FNO2/c1-15(2,12-5-7-13(17)8-6-12)14(19)18-11-16(20)9-3-4-10-16/h5-8,20H,3-4,9-11H2,1-2H3,(H,18,19). The van der Waals surface area contributed by atoms with Gasteiger partial charge in [-0.05, 0) is 44.4 Å². The second kappa shape index (κ2) is 5.52. The van der Waals surface area contributed by atoms with Gasteiger partial charge in [0.05, 0.1) is 11.0 Å². The second-order valence-electron chi connectivity index (χ2n) is 6.25. The van der Waals surface area contributed by atoms with Gasteiger partial charge in [-0.15, -0.1) is 0 Å². The molecule has 1 aliphatic rings. The number of carbonyl (C=O) groups is 1. The summed E-state index contributed by atoms with van der Waals surface area (Å²) in [5, 5.41) is 13.1. The quantitative estimate of drug-likeness (QED) is 0.889. The minimum Gasteiger partial charge on any atom is -0.388 e.